The van der Waals surface area contributed by atoms with E-state index in [1.165, 1.54) is 16.2 Å². The van der Waals surface area contributed by atoms with Gasteiger partial charge in [0, 0.05) is 59.1 Å². The van der Waals surface area contributed by atoms with Gasteiger partial charge in [-0.25, -0.2) is 4.39 Å². The van der Waals surface area contributed by atoms with Crippen molar-refractivity contribution in [2.45, 2.75) is 44.9 Å². The Labute approximate surface area is 199 Å². The van der Waals surface area contributed by atoms with Crippen molar-refractivity contribution in [1.29, 1.82) is 0 Å². The molecule has 0 unspecified atom stereocenters. The monoisotopic (exact) mass is 487 g/mol. The third-order valence-electron chi connectivity index (χ3n) is 6.11. The number of nitrogens with zero attached hydrogens (tertiary/aromatic N) is 2. The lowest BCUT2D eigenvalue weighted by molar-refractivity contribution is -0.138. The van der Waals surface area contributed by atoms with Gasteiger partial charge in [0.15, 0.2) is 0 Å². The third kappa shape index (κ3) is 4.35. The van der Waals surface area contributed by atoms with Gasteiger partial charge in [0.25, 0.3) is 0 Å². The first kappa shape index (κ1) is 22.3. The van der Waals surface area contributed by atoms with Gasteiger partial charge in [-0.1, -0.05) is 11.6 Å². The van der Waals surface area contributed by atoms with E-state index in [-0.39, 0.29) is 43.3 Å². The number of benzene rings is 1. The van der Waals surface area contributed by atoms with E-state index in [9.17, 15) is 14.0 Å². The van der Waals surface area contributed by atoms with Crippen molar-refractivity contribution in [3.05, 3.63) is 45.9 Å². The first-order valence-electron chi connectivity index (χ1n) is 10.9. The molecule has 0 spiro atoms. The first-order chi connectivity index (χ1) is 15.9. The maximum absolute atomic E-state index is 13.1. The Morgan fingerprint density at radius 1 is 1.24 bits per heavy atom. The highest BCUT2D eigenvalue weighted by atomic mass is 35.5. The van der Waals surface area contributed by atoms with Crippen LogP contribution in [-0.4, -0.2) is 47.1 Å². The highest BCUT2D eigenvalue weighted by molar-refractivity contribution is 7.19. The number of hydrogen-bond donors (Lipinski definition) is 1. The number of thiophene rings is 1. The van der Waals surface area contributed by atoms with Crippen LogP contribution in [0.25, 0.3) is 21.3 Å². The predicted molar refractivity (Wildman–Crippen MR) is 126 cm³/mol. The fourth-order valence-corrected chi connectivity index (χ4v) is 5.88. The molecule has 2 aliphatic heterocycles. The van der Waals surface area contributed by atoms with Crippen molar-refractivity contribution >= 4 is 45.0 Å². The minimum absolute atomic E-state index is 0.132. The first-order valence-corrected chi connectivity index (χ1v) is 12.1. The number of nitrogens with one attached hydrogen (secondary N) is 1. The zero-order valence-electron chi connectivity index (χ0n) is 18.1. The molecule has 9 heteroatoms. The van der Waals surface area contributed by atoms with Gasteiger partial charge in [-0.05, 0) is 36.8 Å². The van der Waals surface area contributed by atoms with Crippen LogP contribution in [0.5, 0.6) is 5.75 Å². The van der Waals surface area contributed by atoms with E-state index < -0.39 is 6.67 Å². The Morgan fingerprint density at radius 3 is 2.76 bits per heavy atom. The number of halogens is 2. The van der Waals surface area contributed by atoms with Gasteiger partial charge in [0.05, 0.1) is 16.8 Å². The molecule has 0 aliphatic carbocycles. The second kappa shape index (κ2) is 9.00. The fourth-order valence-electron chi connectivity index (χ4n) is 4.48. The number of pyridine rings is 1. The largest absolute Gasteiger partial charge is 0.488 e. The molecule has 2 aromatic heterocycles. The van der Waals surface area contributed by atoms with Gasteiger partial charge in [-0.15, -0.1) is 11.3 Å². The van der Waals surface area contributed by atoms with Crippen molar-refractivity contribution < 1.29 is 18.7 Å². The molecule has 2 aliphatic rings. The molecule has 2 amide bonds. The molecule has 1 N–H and O–H groups in total. The minimum atomic E-state index is -0.419. The number of hydrogen-bond acceptors (Lipinski definition) is 6. The summed E-state index contributed by atoms with van der Waals surface area (Å²) in [4.78, 5) is 30.8. The SMILES string of the molecule is Cc1cc(Cl)cc(-c2ccnc3cc(CN4C(=O)CCC4=O)sc23)c1O[C@@H]1CN[C@@H](CF)C1. The van der Waals surface area contributed by atoms with E-state index >= 15 is 0 Å². The number of alkyl halides is 1. The molecule has 1 aromatic carbocycles. The van der Waals surface area contributed by atoms with Gasteiger partial charge >= 0.3 is 0 Å². The fraction of sp³-hybridized carbons (Fsp3) is 0.375. The molecular formula is C24H23ClFN3O3S. The second-order valence-corrected chi connectivity index (χ2v) is 10.1. The summed E-state index contributed by atoms with van der Waals surface area (Å²) in [5.41, 5.74) is 3.45. The highest BCUT2D eigenvalue weighted by Crippen LogP contribution is 2.42. The zero-order valence-corrected chi connectivity index (χ0v) is 19.6. The molecule has 0 bridgehead atoms. The molecule has 5 rings (SSSR count). The number of amides is 2. The third-order valence-corrected chi connectivity index (χ3v) is 7.47. The van der Waals surface area contributed by atoms with E-state index in [1.807, 2.05) is 31.2 Å². The summed E-state index contributed by atoms with van der Waals surface area (Å²) in [6.07, 6.45) is 2.75. The molecule has 33 heavy (non-hydrogen) atoms. The van der Waals surface area contributed by atoms with Gasteiger partial charge in [-0.3, -0.25) is 19.5 Å². The maximum atomic E-state index is 13.1. The van der Waals surface area contributed by atoms with Crippen LogP contribution in [0.15, 0.2) is 30.5 Å². The molecule has 0 radical (unpaired) electrons. The zero-order chi connectivity index (χ0) is 23.1. The molecule has 0 saturated carbocycles. The molecule has 2 atom stereocenters. The smallest absolute Gasteiger partial charge is 0.230 e. The predicted octanol–water partition coefficient (Wildman–Crippen LogP) is 4.65. The molecule has 4 heterocycles. The Bertz CT molecular complexity index is 1230. The maximum Gasteiger partial charge on any atom is 0.230 e. The van der Waals surface area contributed by atoms with Crippen LogP contribution in [-0.2, 0) is 16.1 Å². The number of carbonyl (C=O) groups excluding carboxylic acids is 2. The molecule has 172 valence electrons. The van der Waals surface area contributed by atoms with Crippen LogP contribution in [0.2, 0.25) is 5.02 Å². The van der Waals surface area contributed by atoms with Crippen LogP contribution in [0.1, 0.15) is 29.7 Å². The van der Waals surface area contributed by atoms with Gasteiger partial charge in [0.2, 0.25) is 11.8 Å². The minimum Gasteiger partial charge on any atom is -0.488 e. The summed E-state index contributed by atoms with van der Waals surface area (Å²) < 4.78 is 20.4. The normalized spacial score (nSPS) is 20.9. The lowest BCUT2D eigenvalue weighted by Gasteiger charge is -2.19. The highest BCUT2D eigenvalue weighted by Gasteiger charge is 2.30. The van der Waals surface area contributed by atoms with Crippen molar-refractivity contribution in [3.8, 4) is 16.9 Å². The molecule has 2 fully saturated rings. The Kier molecular flexibility index (Phi) is 6.07. The summed E-state index contributed by atoms with van der Waals surface area (Å²) in [6.45, 7) is 2.37. The van der Waals surface area contributed by atoms with E-state index in [4.69, 9.17) is 16.3 Å². The summed E-state index contributed by atoms with van der Waals surface area (Å²) in [5, 5.41) is 3.74. The van der Waals surface area contributed by atoms with Crippen LogP contribution in [0, 0.1) is 6.92 Å². The van der Waals surface area contributed by atoms with Crippen LogP contribution in [0.4, 0.5) is 4.39 Å². The van der Waals surface area contributed by atoms with E-state index in [1.54, 1.807) is 6.20 Å². The van der Waals surface area contributed by atoms with E-state index in [0.717, 1.165) is 37.5 Å². The summed E-state index contributed by atoms with van der Waals surface area (Å²) in [6, 6.07) is 7.39. The number of carbonyl (C=O) groups is 2. The average molecular weight is 488 g/mol. The summed E-state index contributed by atoms with van der Waals surface area (Å²) >= 11 is 7.93. The number of rotatable bonds is 6. The molecular weight excluding hydrogens is 465 g/mol. The second-order valence-electron chi connectivity index (χ2n) is 8.49. The average Bonchev–Trinajstić information content (AvgIpc) is 3.50. The number of ether oxygens (including phenoxy) is 1. The number of fused-ring (bicyclic) bond motifs is 1. The van der Waals surface area contributed by atoms with Crippen LogP contribution >= 0.6 is 22.9 Å². The van der Waals surface area contributed by atoms with Gasteiger partial charge in [-0.2, -0.15) is 0 Å². The quantitative estimate of drug-likeness (QED) is 0.512. The number of likely N-dealkylation sites (tertiary alicyclic amines) is 1. The van der Waals surface area contributed by atoms with Crippen molar-refractivity contribution in [2.75, 3.05) is 13.2 Å². The number of aromatic nitrogens is 1. The van der Waals surface area contributed by atoms with Gasteiger partial charge in [0.1, 0.15) is 18.5 Å². The molecule has 2 saturated heterocycles. The van der Waals surface area contributed by atoms with E-state index in [2.05, 4.69) is 10.3 Å². The van der Waals surface area contributed by atoms with Crippen molar-refractivity contribution in [2.24, 2.45) is 0 Å². The summed E-state index contributed by atoms with van der Waals surface area (Å²) in [7, 11) is 0. The van der Waals surface area contributed by atoms with Crippen LogP contribution in [0.3, 0.4) is 0 Å². The lowest BCUT2D eigenvalue weighted by Crippen LogP contribution is -2.27. The van der Waals surface area contributed by atoms with Crippen molar-refractivity contribution in [1.82, 2.24) is 15.2 Å². The lowest BCUT2D eigenvalue weighted by atomic mass is 10.0. The number of aryl methyl sites for hydroxylation is 1. The topological polar surface area (TPSA) is 71.5 Å². The standard InChI is InChI=1S/C24H23ClFN3O3S/c1-13-6-14(25)7-19(23(13)32-16-8-15(10-26)28-11-16)18-4-5-27-20-9-17(33-24(18)20)12-29-21(30)2-3-22(29)31/h4-7,9,15-16,28H,2-3,8,10-12H2,1H3/t15-,16+/m1/s1. The van der Waals surface area contributed by atoms with Crippen molar-refractivity contribution in [3.63, 3.8) is 0 Å². The van der Waals surface area contributed by atoms with E-state index in [0.29, 0.717) is 18.0 Å². The Balaban J connectivity index is 1.53. The summed E-state index contributed by atoms with van der Waals surface area (Å²) in [5.74, 6) is 0.449. The Hall–Kier alpha value is -2.55. The molecule has 6 nitrogen and oxygen atoms in total. The van der Waals surface area contributed by atoms with Gasteiger partial charge < -0.3 is 10.1 Å². The number of imide groups is 1. The Morgan fingerprint density at radius 2 is 2.03 bits per heavy atom. The molecule has 3 aromatic rings. The van der Waals surface area contributed by atoms with Crippen LogP contribution < -0.4 is 10.1 Å².